The Morgan fingerprint density at radius 2 is 1.92 bits per heavy atom. The Balaban J connectivity index is 2.06. The van der Waals surface area contributed by atoms with Crippen molar-refractivity contribution in [3.8, 4) is 0 Å². The molecule has 2 heterocycles. The molecule has 0 saturated carbocycles. The van der Waals surface area contributed by atoms with E-state index >= 15 is 0 Å². The van der Waals surface area contributed by atoms with Crippen molar-refractivity contribution in [2.75, 3.05) is 5.32 Å². The van der Waals surface area contributed by atoms with E-state index in [0.29, 0.717) is 21.7 Å². The number of anilines is 2. The molecule has 4 rings (SSSR count). The summed E-state index contributed by atoms with van der Waals surface area (Å²) in [6, 6.07) is 12.7. The molecule has 2 aromatic carbocycles. The number of aromatic nitrogens is 3. The molecule has 7 nitrogen and oxygen atoms in total. The summed E-state index contributed by atoms with van der Waals surface area (Å²) < 4.78 is 13.5. The van der Waals surface area contributed by atoms with Gasteiger partial charge in [-0.15, -0.1) is 0 Å². The number of imidazole rings is 1. The van der Waals surface area contributed by atoms with E-state index < -0.39 is 7.60 Å². The number of rotatable bonds is 3. The zero-order chi connectivity index (χ0) is 18.5. The first-order valence-electron chi connectivity index (χ1n) is 7.70. The third-order valence-electron chi connectivity index (χ3n) is 4.09. The maximum Gasteiger partial charge on any atom is 0.376 e. The van der Waals surface area contributed by atoms with E-state index in [2.05, 4.69) is 15.3 Å². The maximum absolute atomic E-state index is 11.9. The van der Waals surface area contributed by atoms with Crippen LogP contribution in [0.15, 0.2) is 48.8 Å². The summed E-state index contributed by atoms with van der Waals surface area (Å²) in [5, 5.41) is 3.61. The molecule has 0 aliphatic heterocycles. The van der Waals surface area contributed by atoms with E-state index in [4.69, 9.17) is 11.6 Å². The molecule has 2 aromatic heterocycles. The van der Waals surface area contributed by atoms with Crippen molar-refractivity contribution in [3.05, 3.63) is 59.4 Å². The van der Waals surface area contributed by atoms with Crippen molar-refractivity contribution in [2.24, 2.45) is 0 Å². The first-order valence-corrected chi connectivity index (χ1v) is 9.69. The van der Waals surface area contributed by atoms with Gasteiger partial charge in [0.15, 0.2) is 11.3 Å². The van der Waals surface area contributed by atoms with E-state index in [1.54, 1.807) is 10.5 Å². The fraction of sp³-hybridized carbons (Fsp3) is 0.0588. The van der Waals surface area contributed by atoms with Crippen molar-refractivity contribution in [2.45, 2.75) is 6.92 Å². The number of hydrogen-bond donors (Lipinski definition) is 3. The lowest BCUT2D eigenvalue weighted by molar-refractivity contribution is 0.386. The molecule has 0 bridgehead atoms. The normalized spacial score (nSPS) is 12.0. The van der Waals surface area contributed by atoms with Gasteiger partial charge in [-0.25, -0.2) is 9.97 Å². The van der Waals surface area contributed by atoms with Gasteiger partial charge in [-0.05, 0) is 30.7 Å². The van der Waals surface area contributed by atoms with Crippen LogP contribution in [0.3, 0.4) is 0 Å². The molecule has 4 aromatic rings. The van der Waals surface area contributed by atoms with Crippen LogP contribution in [-0.4, -0.2) is 24.2 Å². The highest BCUT2D eigenvalue weighted by Gasteiger charge is 2.27. The topological polar surface area (TPSA) is 99.8 Å². The zero-order valence-corrected chi connectivity index (χ0v) is 15.2. The quantitative estimate of drug-likeness (QED) is 0.465. The van der Waals surface area contributed by atoms with Gasteiger partial charge in [-0.2, -0.15) is 0 Å². The summed E-state index contributed by atoms with van der Waals surface area (Å²) in [7, 11) is -4.59. The molecular formula is C17H14ClN4O3P. The van der Waals surface area contributed by atoms with Gasteiger partial charge in [-0.3, -0.25) is 8.97 Å². The van der Waals surface area contributed by atoms with E-state index in [-0.39, 0.29) is 16.8 Å². The summed E-state index contributed by atoms with van der Waals surface area (Å²) in [4.78, 5) is 27.9. The van der Waals surface area contributed by atoms with Gasteiger partial charge in [0.05, 0.1) is 21.7 Å². The number of hydrogen-bond acceptors (Lipinski definition) is 4. The molecule has 0 spiro atoms. The zero-order valence-electron chi connectivity index (χ0n) is 13.6. The smallest absolute Gasteiger partial charge is 0.337 e. The summed E-state index contributed by atoms with van der Waals surface area (Å²) in [6.45, 7) is 1.88. The van der Waals surface area contributed by atoms with Crippen LogP contribution < -0.4 is 10.8 Å². The second kappa shape index (κ2) is 6.07. The molecule has 132 valence electrons. The van der Waals surface area contributed by atoms with Gasteiger partial charge < -0.3 is 15.1 Å². The highest BCUT2D eigenvalue weighted by atomic mass is 35.5. The Bertz CT molecular complexity index is 1180. The highest BCUT2D eigenvalue weighted by Crippen LogP contribution is 2.38. The highest BCUT2D eigenvalue weighted by molar-refractivity contribution is 7.60. The number of benzene rings is 2. The lowest BCUT2D eigenvalue weighted by Gasteiger charge is -2.14. The SMILES string of the molecule is Cc1cccc(Cl)c1Nc1nc2ccccc2n2cnc(P(=O)(O)O)c12. The molecule has 0 atom stereocenters. The largest absolute Gasteiger partial charge is 0.376 e. The van der Waals surface area contributed by atoms with Crippen molar-refractivity contribution in [1.29, 1.82) is 0 Å². The maximum atomic E-state index is 11.9. The van der Waals surface area contributed by atoms with Crippen LogP contribution in [0.4, 0.5) is 11.5 Å². The van der Waals surface area contributed by atoms with Gasteiger partial charge in [0.2, 0.25) is 0 Å². The van der Waals surface area contributed by atoms with Gasteiger partial charge in [0.25, 0.3) is 0 Å². The Labute approximate surface area is 153 Å². The third-order valence-corrected chi connectivity index (χ3v) is 5.28. The van der Waals surface area contributed by atoms with Crippen LogP contribution >= 0.6 is 19.2 Å². The number of nitrogens with one attached hydrogen (secondary N) is 1. The monoisotopic (exact) mass is 388 g/mol. The fourth-order valence-corrected chi connectivity index (χ4v) is 3.85. The van der Waals surface area contributed by atoms with Crippen molar-refractivity contribution < 1.29 is 14.4 Å². The fourth-order valence-electron chi connectivity index (χ4n) is 2.89. The average Bonchev–Trinajstić information content (AvgIpc) is 3.04. The first-order chi connectivity index (χ1) is 12.4. The molecule has 3 N–H and O–H groups in total. The number of fused-ring (bicyclic) bond motifs is 3. The average molecular weight is 389 g/mol. The Morgan fingerprint density at radius 3 is 2.65 bits per heavy atom. The van der Waals surface area contributed by atoms with E-state index in [0.717, 1.165) is 5.56 Å². The molecule has 26 heavy (non-hydrogen) atoms. The second-order valence-electron chi connectivity index (χ2n) is 5.84. The van der Waals surface area contributed by atoms with Gasteiger partial charge in [0, 0.05) is 0 Å². The van der Waals surface area contributed by atoms with Crippen molar-refractivity contribution in [1.82, 2.24) is 14.4 Å². The second-order valence-corrected chi connectivity index (χ2v) is 7.76. The summed E-state index contributed by atoms with van der Waals surface area (Å²) >= 11 is 6.29. The third kappa shape index (κ3) is 2.75. The minimum Gasteiger partial charge on any atom is -0.337 e. The van der Waals surface area contributed by atoms with E-state index in [1.807, 2.05) is 43.3 Å². The molecule has 0 radical (unpaired) electrons. The number of halogens is 1. The van der Waals surface area contributed by atoms with E-state index in [1.165, 1.54) is 6.33 Å². The van der Waals surface area contributed by atoms with Crippen LogP contribution in [0, 0.1) is 6.92 Å². The molecule has 0 amide bonds. The molecular weight excluding hydrogens is 375 g/mol. The van der Waals surface area contributed by atoms with Crippen molar-refractivity contribution in [3.63, 3.8) is 0 Å². The van der Waals surface area contributed by atoms with Gasteiger partial charge in [-0.1, -0.05) is 35.9 Å². The Morgan fingerprint density at radius 1 is 1.15 bits per heavy atom. The van der Waals surface area contributed by atoms with Crippen LogP contribution in [-0.2, 0) is 4.57 Å². The van der Waals surface area contributed by atoms with Crippen LogP contribution in [0.25, 0.3) is 16.6 Å². The standard InChI is InChI=1S/C17H14ClN4O3P/c1-10-5-4-6-11(18)14(10)21-16-15-17(26(23,24)25)19-9-22(15)13-8-3-2-7-12(13)20-16/h2-9H,1H3,(H,20,21)(H2,23,24,25). The number of nitrogens with zero attached hydrogens (tertiary/aromatic N) is 3. The number of aryl methyl sites for hydroxylation is 1. The number of para-hydroxylation sites is 3. The molecule has 0 aliphatic carbocycles. The van der Waals surface area contributed by atoms with Gasteiger partial charge >= 0.3 is 7.60 Å². The van der Waals surface area contributed by atoms with Crippen LogP contribution in [0.5, 0.6) is 0 Å². The lowest BCUT2D eigenvalue weighted by atomic mass is 10.2. The lowest BCUT2D eigenvalue weighted by Crippen LogP contribution is -2.10. The molecule has 0 aliphatic rings. The van der Waals surface area contributed by atoms with E-state index in [9.17, 15) is 14.4 Å². The summed E-state index contributed by atoms with van der Waals surface area (Å²) in [6.07, 6.45) is 1.39. The van der Waals surface area contributed by atoms with Crippen molar-refractivity contribution >= 4 is 52.7 Å². The molecule has 0 fully saturated rings. The Hall–Kier alpha value is -2.44. The predicted octanol–water partition coefficient (Wildman–Crippen LogP) is 3.39. The minimum atomic E-state index is -4.59. The Kier molecular flexibility index (Phi) is 3.97. The first kappa shape index (κ1) is 17.0. The molecule has 0 unspecified atom stereocenters. The summed E-state index contributed by atoms with van der Waals surface area (Å²) in [5.41, 5.74) is 2.73. The predicted molar refractivity (Wildman–Crippen MR) is 102 cm³/mol. The molecule has 0 saturated heterocycles. The van der Waals surface area contributed by atoms with Crippen LogP contribution in [0.2, 0.25) is 5.02 Å². The minimum absolute atomic E-state index is 0.219. The van der Waals surface area contributed by atoms with Crippen LogP contribution in [0.1, 0.15) is 5.56 Å². The summed E-state index contributed by atoms with van der Waals surface area (Å²) in [5.74, 6) is 0.274. The van der Waals surface area contributed by atoms with Gasteiger partial charge in [0.1, 0.15) is 11.8 Å². The molecule has 9 heteroatoms.